The summed E-state index contributed by atoms with van der Waals surface area (Å²) >= 11 is 0. The van der Waals surface area contributed by atoms with Gasteiger partial charge < -0.3 is 0 Å². The minimum Gasteiger partial charge on any atom is -0.0654 e. The summed E-state index contributed by atoms with van der Waals surface area (Å²) in [7, 11) is -0.175. The molecule has 21 heavy (non-hydrogen) atoms. The van der Waals surface area contributed by atoms with Crippen molar-refractivity contribution < 1.29 is 0 Å². The van der Waals surface area contributed by atoms with Gasteiger partial charge in [-0.2, -0.15) is 0 Å². The smallest absolute Gasteiger partial charge is 0.0195 e. The third kappa shape index (κ3) is 5.64. The molecule has 112 valence electrons. The minimum atomic E-state index is -0.175. The molecule has 0 aliphatic rings. The third-order valence-corrected chi connectivity index (χ3v) is 6.48. The molecule has 0 heterocycles. The van der Waals surface area contributed by atoms with Crippen LogP contribution in [0.3, 0.4) is 0 Å². The van der Waals surface area contributed by atoms with E-state index in [1.165, 1.54) is 55.3 Å². The van der Waals surface area contributed by atoms with E-state index in [1.54, 1.807) is 0 Å². The molecule has 2 rings (SSSR count). The van der Waals surface area contributed by atoms with Crippen molar-refractivity contribution in [1.29, 1.82) is 0 Å². The lowest BCUT2D eigenvalue weighted by molar-refractivity contribution is 0.626. The number of benzene rings is 2. The molecule has 0 aliphatic carbocycles. The quantitative estimate of drug-likeness (QED) is 0.425. The van der Waals surface area contributed by atoms with Crippen LogP contribution in [0.15, 0.2) is 60.7 Å². The molecule has 0 nitrogen and oxygen atoms in total. The first-order valence-electron chi connectivity index (χ1n) is 8.29. The second-order valence-electron chi connectivity index (χ2n) is 5.59. The molecule has 0 amide bonds. The van der Waals surface area contributed by atoms with Crippen LogP contribution in [-0.4, -0.2) is 6.16 Å². The fourth-order valence-electron chi connectivity index (χ4n) is 2.67. The van der Waals surface area contributed by atoms with Crippen LogP contribution in [0.4, 0.5) is 0 Å². The van der Waals surface area contributed by atoms with Crippen LogP contribution in [0, 0.1) is 0 Å². The molecule has 0 atom stereocenters. The largest absolute Gasteiger partial charge is 0.0654 e. The van der Waals surface area contributed by atoms with Crippen LogP contribution in [0.25, 0.3) is 0 Å². The summed E-state index contributed by atoms with van der Waals surface area (Å²) in [6, 6.07) is 22.1. The van der Waals surface area contributed by atoms with Crippen molar-refractivity contribution in [1.82, 2.24) is 0 Å². The van der Waals surface area contributed by atoms with Gasteiger partial charge in [0, 0.05) is 0 Å². The molecule has 0 saturated heterocycles. The number of rotatable bonds is 9. The van der Waals surface area contributed by atoms with Gasteiger partial charge in [0.1, 0.15) is 0 Å². The first-order valence-corrected chi connectivity index (χ1v) is 9.82. The van der Waals surface area contributed by atoms with Gasteiger partial charge in [0.2, 0.25) is 0 Å². The summed E-state index contributed by atoms with van der Waals surface area (Å²) in [5, 5.41) is 3.04. The minimum absolute atomic E-state index is 0.175. The van der Waals surface area contributed by atoms with Gasteiger partial charge in [-0.05, 0) is 31.1 Å². The van der Waals surface area contributed by atoms with Gasteiger partial charge in [-0.15, -0.1) is 0 Å². The summed E-state index contributed by atoms with van der Waals surface area (Å²) < 4.78 is 0. The van der Waals surface area contributed by atoms with E-state index in [-0.39, 0.29) is 7.92 Å². The molecule has 0 spiro atoms. The van der Waals surface area contributed by atoms with E-state index in [0.29, 0.717) is 0 Å². The van der Waals surface area contributed by atoms with Crippen molar-refractivity contribution in [2.75, 3.05) is 6.16 Å². The lowest BCUT2D eigenvalue weighted by atomic mass is 10.1. The van der Waals surface area contributed by atoms with Gasteiger partial charge in [0.25, 0.3) is 0 Å². The van der Waals surface area contributed by atoms with E-state index < -0.39 is 0 Å². The van der Waals surface area contributed by atoms with E-state index in [2.05, 4.69) is 67.6 Å². The molecule has 0 bridgehead atoms. The average molecular weight is 298 g/mol. The number of hydrogen-bond acceptors (Lipinski definition) is 0. The molecule has 0 aliphatic heterocycles. The van der Waals surface area contributed by atoms with Crippen LogP contribution in [-0.2, 0) is 0 Å². The van der Waals surface area contributed by atoms with Crippen molar-refractivity contribution in [3.8, 4) is 0 Å². The molecule has 1 heteroatoms. The molecule has 2 aromatic rings. The summed E-state index contributed by atoms with van der Waals surface area (Å²) in [6.07, 6.45) is 9.62. The molecule has 0 aromatic heterocycles. The van der Waals surface area contributed by atoms with Gasteiger partial charge >= 0.3 is 0 Å². The molecule has 0 saturated carbocycles. The van der Waals surface area contributed by atoms with Gasteiger partial charge in [-0.25, -0.2) is 0 Å². The molecule has 0 radical (unpaired) electrons. The SMILES string of the molecule is CCCCCCCCP(c1ccccc1)c1ccccc1. The Kier molecular flexibility index (Phi) is 7.54. The Hall–Kier alpha value is -1.13. The lowest BCUT2D eigenvalue weighted by Crippen LogP contribution is -2.13. The highest BCUT2D eigenvalue weighted by Gasteiger charge is 2.12. The number of unbranched alkanes of at least 4 members (excludes halogenated alkanes) is 5. The maximum Gasteiger partial charge on any atom is -0.0195 e. The Morgan fingerprint density at radius 3 is 1.62 bits per heavy atom. The molecule has 2 aromatic carbocycles. The topological polar surface area (TPSA) is 0 Å². The fourth-order valence-corrected chi connectivity index (χ4v) is 5.09. The molecule has 0 unspecified atom stereocenters. The highest BCUT2D eigenvalue weighted by molar-refractivity contribution is 7.73. The highest BCUT2D eigenvalue weighted by Crippen LogP contribution is 2.34. The second-order valence-corrected chi connectivity index (χ2v) is 7.93. The summed E-state index contributed by atoms with van der Waals surface area (Å²) in [6.45, 7) is 2.28. The van der Waals surface area contributed by atoms with Crippen LogP contribution in [0.2, 0.25) is 0 Å². The van der Waals surface area contributed by atoms with Crippen LogP contribution < -0.4 is 10.6 Å². The van der Waals surface area contributed by atoms with Crippen molar-refractivity contribution in [3.05, 3.63) is 60.7 Å². The van der Waals surface area contributed by atoms with E-state index in [4.69, 9.17) is 0 Å². The maximum atomic E-state index is 2.30. The van der Waals surface area contributed by atoms with E-state index >= 15 is 0 Å². The molecular weight excluding hydrogens is 271 g/mol. The predicted molar refractivity (Wildman–Crippen MR) is 97.3 cm³/mol. The monoisotopic (exact) mass is 298 g/mol. The Balaban J connectivity index is 1.94. The highest BCUT2D eigenvalue weighted by atomic mass is 31.1. The average Bonchev–Trinajstić information content (AvgIpc) is 2.56. The Morgan fingerprint density at radius 1 is 0.619 bits per heavy atom. The van der Waals surface area contributed by atoms with Gasteiger partial charge in [-0.1, -0.05) is 99.7 Å². The second kappa shape index (κ2) is 9.74. The predicted octanol–water partition coefficient (Wildman–Crippen LogP) is 5.48. The van der Waals surface area contributed by atoms with Gasteiger partial charge in [0.05, 0.1) is 0 Å². The third-order valence-electron chi connectivity index (χ3n) is 3.87. The fraction of sp³-hybridized carbons (Fsp3) is 0.400. The van der Waals surface area contributed by atoms with Gasteiger partial charge in [0.15, 0.2) is 0 Å². The van der Waals surface area contributed by atoms with E-state index in [1.807, 2.05) is 0 Å². The summed E-state index contributed by atoms with van der Waals surface area (Å²) in [5.41, 5.74) is 0. The summed E-state index contributed by atoms with van der Waals surface area (Å²) in [5.74, 6) is 0. The van der Waals surface area contributed by atoms with Crippen molar-refractivity contribution in [2.24, 2.45) is 0 Å². The van der Waals surface area contributed by atoms with Crippen LogP contribution in [0.1, 0.15) is 45.4 Å². The van der Waals surface area contributed by atoms with Crippen LogP contribution >= 0.6 is 7.92 Å². The summed E-state index contributed by atoms with van der Waals surface area (Å²) in [4.78, 5) is 0. The Bertz CT molecular complexity index is 438. The zero-order valence-corrected chi connectivity index (χ0v) is 14.1. The molecule has 0 N–H and O–H groups in total. The van der Waals surface area contributed by atoms with Crippen molar-refractivity contribution in [2.45, 2.75) is 45.4 Å². The molecule has 0 fully saturated rings. The normalized spacial score (nSPS) is 11.0. The lowest BCUT2D eigenvalue weighted by Gasteiger charge is -2.18. The van der Waals surface area contributed by atoms with Crippen LogP contribution in [0.5, 0.6) is 0 Å². The van der Waals surface area contributed by atoms with Gasteiger partial charge in [-0.3, -0.25) is 0 Å². The number of hydrogen-bond donors (Lipinski definition) is 0. The Labute approximate surface area is 131 Å². The molecular formula is C20H27P. The van der Waals surface area contributed by atoms with E-state index in [9.17, 15) is 0 Å². The first-order chi connectivity index (χ1) is 10.4. The first kappa shape index (κ1) is 16.2. The van der Waals surface area contributed by atoms with Crippen molar-refractivity contribution >= 4 is 18.5 Å². The van der Waals surface area contributed by atoms with E-state index in [0.717, 1.165) is 0 Å². The zero-order valence-electron chi connectivity index (χ0n) is 13.2. The van der Waals surface area contributed by atoms with Crippen molar-refractivity contribution in [3.63, 3.8) is 0 Å². The standard InChI is InChI=1S/C20H27P/c1-2-3-4-5-6-13-18-21(19-14-9-7-10-15-19)20-16-11-8-12-17-20/h7-12,14-17H,2-6,13,18H2,1H3. The maximum absolute atomic E-state index is 2.30. The zero-order chi connectivity index (χ0) is 14.8. The Morgan fingerprint density at radius 2 is 1.10 bits per heavy atom.